The maximum Gasteiger partial charge on any atom is 0.102 e. The Kier molecular flexibility index (Phi) is 4.31. The van der Waals surface area contributed by atoms with Crippen molar-refractivity contribution < 1.29 is 5.11 Å². The molecule has 0 bridgehead atoms. The van der Waals surface area contributed by atoms with Crippen molar-refractivity contribution in [3.63, 3.8) is 0 Å². The van der Waals surface area contributed by atoms with Crippen LogP contribution < -0.4 is 5.32 Å². The van der Waals surface area contributed by atoms with E-state index in [-0.39, 0.29) is 0 Å². The van der Waals surface area contributed by atoms with Crippen molar-refractivity contribution in [2.45, 2.75) is 51.7 Å². The summed E-state index contributed by atoms with van der Waals surface area (Å²) in [6, 6.07) is 0.536. The molecule has 1 aromatic rings. The van der Waals surface area contributed by atoms with Crippen molar-refractivity contribution in [2.75, 3.05) is 6.54 Å². The predicted octanol–water partition coefficient (Wildman–Crippen LogP) is 2.04. The molecule has 4 heteroatoms. The van der Waals surface area contributed by atoms with Gasteiger partial charge >= 0.3 is 0 Å². The summed E-state index contributed by atoms with van der Waals surface area (Å²) in [7, 11) is 1.87. The van der Waals surface area contributed by atoms with Crippen LogP contribution in [-0.4, -0.2) is 27.5 Å². The van der Waals surface area contributed by atoms with Crippen molar-refractivity contribution in [3.8, 4) is 0 Å². The summed E-state index contributed by atoms with van der Waals surface area (Å²) in [5, 5.41) is 18.2. The Morgan fingerprint density at radius 3 is 2.74 bits per heavy atom. The van der Waals surface area contributed by atoms with Gasteiger partial charge in [0.2, 0.25) is 0 Å². The van der Waals surface area contributed by atoms with Crippen molar-refractivity contribution in [2.24, 2.45) is 18.9 Å². The Labute approximate surface area is 116 Å². The fraction of sp³-hybridized carbons (Fsp3) is 0.800. The molecule has 0 aromatic carbocycles. The molecular weight excluding hydrogens is 238 g/mol. The molecule has 0 spiro atoms. The molecule has 2 rings (SSSR count). The lowest BCUT2D eigenvalue weighted by Gasteiger charge is -2.34. The number of nitrogens with zero attached hydrogens (tertiary/aromatic N) is 2. The Balaban J connectivity index is 1.88. The van der Waals surface area contributed by atoms with Crippen LogP contribution in [0.2, 0.25) is 0 Å². The molecule has 1 fully saturated rings. The minimum atomic E-state index is -0.847. The molecule has 2 N–H and O–H groups in total. The Morgan fingerprint density at radius 2 is 2.16 bits per heavy atom. The van der Waals surface area contributed by atoms with E-state index < -0.39 is 5.60 Å². The number of aryl methyl sites for hydroxylation is 1. The number of aromatic nitrogens is 2. The van der Waals surface area contributed by atoms with E-state index in [1.54, 1.807) is 10.9 Å². The fourth-order valence-corrected chi connectivity index (χ4v) is 2.88. The largest absolute Gasteiger partial charge is 0.384 e. The molecule has 19 heavy (non-hydrogen) atoms. The van der Waals surface area contributed by atoms with E-state index in [1.807, 2.05) is 20.2 Å². The Bertz CT molecular complexity index is 413. The third-order valence-corrected chi connectivity index (χ3v) is 4.66. The number of rotatable bonds is 4. The van der Waals surface area contributed by atoms with E-state index in [1.165, 1.54) is 19.3 Å². The van der Waals surface area contributed by atoms with Crippen LogP contribution in [0.5, 0.6) is 0 Å². The summed E-state index contributed by atoms with van der Waals surface area (Å²) in [5.41, 5.74) is 0.0281. The van der Waals surface area contributed by atoms with E-state index in [9.17, 15) is 5.11 Å². The van der Waals surface area contributed by atoms with Crippen molar-refractivity contribution in [1.82, 2.24) is 15.1 Å². The lowest BCUT2D eigenvalue weighted by atomic mass is 9.79. The minimum absolute atomic E-state index is 0.536. The molecule has 0 amide bonds. The zero-order valence-corrected chi connectivity index (χ0v) is 12.6. The summed E-state index contributed by atoms with van der Waals surface area (Å²) in [5.74, 6) is 1.60. The van der Waals surface area contributed by atoms with Crippen molar-refractivity contribution in [1.29, 1.82) is 0 Å². The van der Waals surface area contributed by atoms with Gasteiger partial charge in [-0.3, -0.25) is 4.68 Å². The minimum Gasteiger partial charge on any atom is -0.384 e. The van der Waals surface area contributed by atoms with E-state index in [2.05, 4.69) is 24.3 Å². The van der Waals surface area contributed by atoms with Crippen molar-refractivity contribution >= 4 is 0 Å². The van der Waals surface area contributed by atoms with E-state index >= 15 is 0 Å². The number of hydrogen-bond donors (Lipinski definition) is 2. The first-order chi connectivity index (χ1) is 8.88. The number of hydrogen-bond acceptors (Lipinski definition) is 3. The lowest BCUT2D eigenvalue weighted by molar-refractivity contribution is 0.0497. The van der Waals surface area contributed by atoms with Gasteiger partial charge < -0.3 is 10.4 Å². The lowest BCUT2D eigenvalue weighted by Crippen LogP contribution is -2.43. The second-order valence-electron chi connectivity index (χ2n) is 6.52. The highest BCUT2D eigenvalue weighted by Gasteiger charge is 2.28. The first kappa shape index (κ1) is 14.5. The molecule has 108 valence electrons. The highest BCUT2D eigenvalue weighted by Crippen LogP contribution is 2.29. The Hall–Kier alpha value is -0.870. The third-order valence-electron chi connectivity index (χ3n) is 4.66. The van der Waals surface area contributed by atoms with Gasteiger partial charge in [0.05, 0.1) is 6.20 Å². The van der Waals surface area contributed by atoms with Crippen LogP contribution >= 0.6 is 0 Å². The third kappa shape index (κ3) is 3.57. The number of nitrogens with one attached hydrogen (secondary N) is 1. The first-order valence-electron chi connectivity index (χ1n) is 7.33. The highest BCUT2D eigenvalue weighted by molar-refractivity contribution is 5.14. The predicted molar refractivity (Wildman–Crippen MR) is 76.7 cm³/mol. The molecule has 0 aliphatic heterocycles. The van der Waals surface area contributed by atoms with Gasteiger partial charge in [-0.05, 0) is 38.0 Å². The molecule has 1 aromatic heterocycles. The van der Waals surface area contributed by atoms with Crippen LogP contribution in [0.25, 0.3) is 0 Å². The van der Waals surface area contributed by atoms with Crippen LogP contribution in [0.15, 0.2) is 12.4 Å². The Morgan fingerprint density at radius 1 is 1.42 bits per heavy atom. The average Bonchev–Trinajstić information content (AvgIpc) is 2.78. The van der Waals surface area contributed by atoms with E-state index in [0.29, 0.717) is 12.6 Å². The van der Waals surface area contributed by atoms with Crippen LogP contribution in [0.4, 0.5) is 0 Å². The molecule has 0 radical (unpaired) electrons. The summed E-state index contributed by atoms with van der Waals surface area (Å²) >= 11 is 0. The number of aliphatic hydroxyl groups is 1. The molecule has 1 saturated carbocycles. The smallest absolute Gasteiger partial charge is 0.102 e. The summed E-state index contributed by atoms with van der Waals surface area (Å²) in [6.45, 7) is 7.11. The average molecular weight is 265 g/mol. The zero-order valence-electron chi connectivity index (χ0n) is 12.6. The van der Waals surface area contributed by atoms with Gasteiger partial charge in [0.25, 0.3) is 0 Å². The second-order valence-corrected chi connectivity index (χ2v) is 6.52. The first-order valence-corrected chi connectivity index (χ1v) is 7.33. The highest BCUT2D eigenvalue weighted by atomic mass is 16.3. The summed E-state index contributed by atoms with van der Waals surface area (Å²) < 4.78 is 1.73. The quantitative estimate of drug-likeness (QED) is 0.876. The van der Waals surface area contributed by atoms with Gasteiger partial charge in [-0.15, -0.1) is 0 Å². The molecule has 1 aliphatic carbocycles. The van der Waals surface area contributed by atoms with Gasteiger partial charge in [-0.25, -0.2) is 0 Å². The van der Waals surface area contributed by atoms with Gasteiger partial charge in [0, 0.05) is 31.4 Å². The summed E-state index contributed by atoms with van der Waals surface area (Å²) in [4.78, 5) is 0. The summed E-state index contributed by atoms with van der Waals surface area (Å²) in [6.07, 6.45) is 7.34. The molecule has 1 aliphatic rings. The maximum atomic E-state index is 10.5. The van der Waals surface area contributed by atoms with Gasteiger partial charge in [-0.1, -0.05) is 13.8 Å². The molecule has 1 heterocycles. The van der Waals surface area contributed by atoms with Gasteiger partial charge in [0.15, 0.2) is 0 Å². The zero-order chi connectivity index (χ0) is 14.0. The second kappa shape index (κ2) is 5.63. The van der Waals surface area contributed by atoms with Gasteiger partial charge in [0.1, 0.15) is 5.60 Å². The van der Waals surface area contributed by atoms with Gasteiger partial charge in [-0.2, -0.15) is 5.10 Å². The molecule has 4 unspecified atom stereocenters. The molecule has 4 nitrogen and oxygen atoms in total. The normalized spacial score (nSPS) is 31.1. The molecule has 4 atom stereocenters. The maximum absolute atomic E-state index is 10.5. The van der Waals surface area contributed by atoms with Crippen LogP contribution in [0.1, 0.15) is 45.6 Å². The van der Waals surface area contributed by atoms with Crippen LogP contribution in [0, 0.1) is 11.8 Å². The molecular formula is C15H27N3O. The van der Waals surface area contributed by atoms with Crippen LogP contribution in [-0.2, 0) is 12.6 Å². The standard InChI is InChI=1S/C15H27N3O/c1-11-5-6-14(7-12(11)2)16-10-15(3,19)13-8-17-18(4)9-13/h8-9,11-12,14,16,19H,5-7,10H2,1-4H3. The monoisotopic (exact) mass is 265 g/mol. The van der Waals surface area contributed by atoms with E-state index in [4.69, 9.17) is 0 Å². The fourth-order valence-electron chi connectivity index (χ4n) is 2.88. The SMILES string of the molecule is CC1CCC(NCC(C)(O)c2cnn(C)c2)CC1C. The molecule has 0 saturated heterocycles. The van der Waals surface area contributed by atoms with Crippen LogP contribution in [0.3, 0.4) is 0 Å². The van der Waals surface area contributed by atoms with E-state index in [0.717, 1.165) is 17.4 Å². The van der Waals surface area contributed by atoms with Crippen molar-refractivity contribution in [3.05, 3.63) is 18.0 Å². The topological polar surface area (TPSA) is 50.1 Å².